The van der Waals surface area contributed by atoms with Crippen LogP contribution in [0.25, 0.3) is 0 Å². The first-order chi connectivity index (χ1) is 10.6. The maximum Gasteiger partial charge on any atom is 0.237 e. The van der Waals surface area contributed by atoms with E-state index in [0.29, 0.717) is 6.54 Å². The van der Waals surface area contributed by atoms with E-state index in [1.54, 1.807) is 0 Å². The molecule has 138 valence electrons. The summed E-state index contributed by atoms with van der Waals surface area (Å²) >= 11 is 0. The SMILES string of the molecule is CC(C(=O)N[C@@H](C)CN)N1CCC(Cc2ccccc2)CC1.Cl.Cl. The molecule has 1 heterocycles. The van der Waals surface area contributed by atoms with Crippen LogP contribution in [0.5, 0.6) is 0 Å². The highest BCUT2D eigenvalue weighted by molar-refractivity contribution is 5.85. The van der Waals surface area contributed by atoms with Gasteiger partial charge in [0.2, 0.25) is 5.91 Å². The Balaban J connectivity index is 0.00000264. The molecule has 2 rings (SSSR count). The van der Waals surface area contributed by atoms with E-state index in [4.69, 9.17) is 5.73 Å². The van der Waals surface area contributed by atoms with E-state index in [-0.39, 0.29) is 42.8 Å². The monoisotopic (exact) mass is 375 g/mol. The van der Waals surface area contributed by atoms with Gasteiger partial charge in [-0.1, -0.05) is 30.3 Å². The number of piperidine rings is 1. The summed E-state index contributed by atoms with van der Waals surface area (Å²) in [6.45, 7) is 6.43. The summed E-state index contributed by atoms with van der Waals surface area (Å²) in [4.78, 5) is 14.5. The molecule has 1 aliphatic rings. The number of nitrogens with two attached hydrogens (primary N) is 1. The number of carbonyl (C=O) groups is 1. The number of hydrogen-bond donors (Lipinski definition) is 2. The molecule has 1 amide bonds. The lowest BCUT2D eigenvalue weighted by atomic mass is 9.89. The Morgan fingerprint density at radius 3 is 2.33 bits per heavy atom. The highest BCUT2D eigenvalue weighted by atomic mass is 35.5. The van der Waals surface area contributed by atoms with Gasteiger partial charge in [-0.15, -0.1) is 24.8 Å². The van der Waals surface area contributed by atoms with E-state index < -0.39 is 0 Å². The molecule has 0 aliphatic carbocycles. The molecule has 2 atom stereocenters. The zero-order valence-corrected chi connectivity index (χ0v) is 16.2. The Morgan fingerprint density at radius 1 is 1.21 bits per heavy atom. The molecule has 4 nitrogen and oxygen atoms in total. The maximum absolute atomic E-state index is 12.2. The number of hydrogen-bond acceptors (Lipinski definition) is 3. The Hall–Kier alpha value is -0.810. The van der Waals surface area contributed by atoms with Crippen LogP contribution >= 0.6 is 24.8 Å². The molecule has 0 saturated carbocycles. The van der Waals surface area contributed by atoms with E-state index in [2.05, 4.69) is 40.5 Å². The number of amides is 1. The Labute approximate surface area is 158 Å². The largest absolute Gasteiger partial charge is 0.351 e. The number of rotatable bonds is 6. The topological polar surface area (TPSA) is 58.4 Å². The van der Waals surface area contributed by atoms with E-state index in [1.807, 2.05) is 13.8 Å². The van der Waals surface area contributed by atoms with E-state index in [0.717, 1.165) is 25.4 Å². The molecule has 1 aromatic carbocycles. The lowest BCUT2D eigenvalue weighted by Gasteiger charge is -2.35. The third kappa shape index (κ3) is 6.98. The molecule has 0 radical (unpaired) electrons. The van der Waals surface area contributed by atoms with Crippen LogP contribution < -0.4 is 11.1 Å². The molecule has 0 aromatic heterocycles. The second-order valence-electron chi connectivity index (χ2n) is 6.49. The van der Waals surface area contributed by atoms with Crippen LogP contribution in [0.15, 0.2) is 30.3 Å². The summed E-state index contributed by atoms with van der Waals surface area (Å²) in [5, 5.41) is 2.97. The minimum Gasteiger partial charge on any atom is -0.351 e. The predicted octanol–water partition coefficient (Wildman–Crippen LogP) is 2.64. The number of likely N-dealkylation sites (tertiary alicyclic amines) is 1. The Kier molecular flexibility index (Phi) is 11.3. The zero-order valence-electron chi connectivity index (χ0n) is 14.6. The van der Waals surface area contributed by atoms with Gasteiger partial charge in [0, 0.05) is 12.6 Å². The van der Waals surface area contributed by atoms with Crippen LogP contribution in [0, 0.1) is 5.92 Å². The van der Waals surface area contributed by atoms with Gasteiger partial charge < -0.3 is 11.1 Å². The van der Waals surface area contributed by atoms with Crippen LogP contribution in [0.1, 0.15) is 32.3 Å². The number of nitrogens with one attached hydrogen (secondary N) is 1. The second-order valence-corrected chi connectivity index (χ2v) is 6.49. The standard InChI is InChI=1S/C18H29N3O.2ClH/c1-14(13-19)20-18(22)15(2)21-10-8-17(9-11-21)12-16-6-4-3-5-7-16;;/h3-7,14-15,17H,8-13,19H2,1-2H3,(H,20,22);2*1H/t14-,15?;;/m0../s1. The number of halogens is 2. The summed E-state index contributed by atoms with van der Waals surface area (Å²) in [5.74, 6) is 0.830. The first-order valence-corrected chi connectivity index (χ1v) is 8.38. The maximum atomic E-state index is 12.2. The quantitative estimate of drug-likeness (QED) is 0.803. The third-order valence-electron chi connectivity index (χ3n) is 4.69. The molecule has 1 fully saturated rings. The van der Waals surface area contributed by atoms with Crippen molar-refractivity contribution in [2.24, 2.45) is 11.7 Å². The van der Waals surface area contributed by atoms with Gasteiger partial charge in [0.15, 0.2) is 0 Å². The molecule has 0 bridgehead atoms. The lowest BCUT2D eigenvalue weighted by Crippen LogP contribution is -2.51. The van der Waals surface area contributed by atoms with Gasteiger partial charge in [0.05, 0.1) is 6.04 Å². The van der Waals surface area contributed by atoms with Crippen molar-refractivity contribution in [2.45, 2.75) is 45.2 Å². The van der Waals surface area contributed by atoms with Gasteiger partial charge in [0.1, 0.15) is 0 Å². The molecular weight excluding hydrogens is 345 g/mol. The fraction of sp³-hybridized carbons (Fsp3) is 0.611. The van der Waals surface area contributed by atoms with Gasteiger partial charge in [-0.3, -0.25) is 9.69 Å². The number of nitrogens with zero attached hydrogens (tertiary/aromatic N) is 1. The minimum atomic E-state index is -0.0633. The third-order valence-corrected chi connectivity index (χ3v) is 4.69. The van der Waals surface area contributed by atoms with Crippen molar-refractivity contribution in [2.75, 3.05) is 19.6 Å². The summed E-state index contributed by atoms with van der Waals surface area (Å²) in [5.41, 5.74) is 6.98. The number of carbonyl (C=O) groups excluding carboxylic acids is 1. The van der Waals surface area contributed by atoms with Crippen molar-refractivity contribution in [1.82, 2.24) is 10.2 Å². The van der Waals surface area contributed by atoms with Crippen molar-refractivity contribution in [3.8, 4) is 0 Å². The van der Waals surface area contributed by atoms with Crippen LogP contribution in [-0.4, -0.2) is 42.5 Å². The van der Waals surface area contributed by atoms with Gasteiger partial charge >= 0.3 is 0 Å². The molecule has 0 spiro atoms. The fourth-order valence-corrected chi connectivity index (χ4v) is 3.08. The summed E-state index contributed by atoms with van der Waals surface area (Å²) < 4.78 is 0. The molecule has 6 heteroatoms. The molecule has 1 saturated heterocycles. The Morgan fingerprint density at radius 2 is 1.79 bits per heavy atom. The van der Waals surface area contributed by atoms with Crippen molar-refractivity contribution in [3.63, 3.8) is 0 Å². The predicted molar refractivity (Wildman–Crippen MR) is 105 cm³/mol. The first-order valence-electron chi connectivity index (χ1n) is 8.38. The average molecular weight is 376 g/mol. The van der Waals surface area contributed by atoms with Crippen molar-refractivity contribution >= 4 is 30.7 Å². The van der Waals surface area contributed by atoms with Gasteiger partial charge in [-0.25, -0.2) is 0 Å². The number of benzene rings is 1. The van der Waals surface area contributed by atoms with Crippen LogP contribution in [0.4, 0.5) is 0 Å². The highest BCUT2D eigenvalue weighted by Gasteiger charge is 2.27. The normalized spacial score (nSPS) is 18.0. The summed E-state index contributed by atoms with van der Waals surface area (Å²) in [7, 11) is 0. The summed E-state index contributed by atoms with van der Waals surface area (Å²) in [6.07, 6.45) is 3.48. The molecule has 1 aliphatic heterocycles. The molecule has 1 aromatic rings. The van der Waals surface area contributed by atoms with Crippen LogP contribution in [0.3, 0.4) is 0 Å². The lowest BCUT2D eigenvalue weighted by molar-refractivity contribution is -0.127. The molecular formula is C18H31Cl2N3O. The van der Waals surface area contributed by atoms with Crippen molar-refractivity contribution in [1.29, 1.82) is 0 Å². The van der Waals surface area contributed by atoms with Gasteiger partial charge in [-0.05, 0) is 57.7 Å². The van der Waals surface area contributed by atoms with E-state index >= 15 is 0 Å². The van der Waals surface area contributed by atoms with E-state index in [9.17, 15) is 4.79 Å². The van der Waals surface area contributed by atoms with Gasteiger partial charge in [-0.2, -0.15) is 0 Å². The Bertz CT molecular complexity index is 465. The first kappa shape index (κ1) is 23.2. The van der Waals surface area contributed by atoms with E-state index in [1.165, 1.54) is 18.4 Å². The summed E-state index contributed by atoms with van der Waals surface area (Å²) in [6, 6.07) is 10.7. The second kappa shape index (κ2) is 11.7. The van der Waals surface area contributed by atoms with Crippen LogP contribution in [0.2, 0.25) is 0 Å². The van der Waals surface area contributed by atoms with Gasteiger partial charge in [0.25, 0.3) is 0 Å². The fourth-order valence-electron chi connectivity index (χ4n) is 3.08. The smallest absolute Gasteiger partial charge is 0.237 e. The molecule has 24 heavy (non-hydrogen) atoms. The van der Waals surface area contributed by atoms with Crippen molar-refractivity contribution < 1.29 is 4.79 Å². The highest BCUT2D eigenvalue weighted by Crippen LogP contribution is 2.22. The van der Waals surface area contributed by atoms with Crippen molar-refractivity contribution in [3.05, 3.63) is 35.9 Å². The zero-order chi connectivity index (χ0) is 15.9. The average Bonchev–Trinajstić information content (AvgIpc) is 2.55. The molecule has 3 N–H and O–H groups in total. The minimum absolute atomic E-state index is 0. The van der Waals surface area contributed by atoms with Crippen LogP contribution in [-0.2, 0) is 11.2 Å². The molecule has 1 unspecified atom stereocenters.